The third-order valence-electron chi connectivity index (χ3n) is 9.62. The molecule has 3 fully saturated rings. The Hall–Kier alpha value is -9.51. The van der Waals surface area contributed by atoms with E-state index in [0.29, 0.717) is 56.2 Å². The number of aliphatic hydroxyl groups excluding tert-OH is 1. The standard InChI is InChI=1S/C15H12N4O6.2C14H10N4O5.Na/c20-9-17-14(21)8-18(15(17)22)16-7-12-5-6-13(25-12)10-1-3-11(4-2-10)19(23)24;2*19-13-8-17(14(20)16-13)15-7-11-5-6-12(23-11)9-1-3-10(4-2-9)18(21)22;/h1-7,20H,8-9H2;2*1-7H,8H2,(H,16,19,20);/q;;;+1/p-1/b16-7+;2*15-7+;. The molecule has 360 valence electrons. The number of nitro groups is 3. The molecule has 28 nitrogen and oxygen atoms in total. The van der Waals surface area contributed by atoms with Crippen molar-refractivity contribution in [1.29, 1.82) is 0 Å². The molecule has 9 amide bonds. The van der Waals surface area contributed by atoms with Crippen LogP contribution in [0, 0.1) is 30.3 Å². The summed E-state index contributed by atoms with van der Waals surface area (Å²) in [5.41, 5.74) is 1.93. The van der Waals surface area contributed by atoms with Gasteiger partial charge in [-0.1, -0.05) is 0 Å². The molecule has 72 heavy (non-hydrogen) atoms. The van der Waals surface area contributed by atoms with Crippen molar-refractivity contribution < 1.29 is 91.5 Å². The predicted octanol–water partition coefficient (Wildman–Crippen LogP) is 2.67. The van der Waals surface area contributed by atoms with E-state index in [0.717, 1.165) is 15.0 Å². The summed E-state index contributed by atoms with van der Waals surface area (Å²) in [6.07, 6.45) is 3.87. The molecule has 0 spiro atoms. The van der Waals surface area contributed by atoms with Gasteiger partial charge in [0, 0.05) is 59.6 Å². The average molecular weight is 995 g/mol. The maximum absolute atomic E-state index is 11.8. The smallest absolute Gasteiger partial charge is 0.455 e. The molecule has 0 radical (unpaired) electrons. The number of hydrogen-bond acceptors (Lipinski definition) is 19. The first kappa shape index (κ1) is 51.9. The number of hydrazone groups is 3. The Kier molecular flexibility index (Phi) is 16.7. The monoisotopic (exact) mass is 994 g/mol. The Morgan fingerprint density at radius 2 is 0.944 bits per heavy atom. The van der Waals surface area contributed by atoms with Crippen LogP contribution in [0.3, 0.4) is 0 Å². The van der Waals surface area contributed by atoms with Crippen molar-refractivity contribution >= 4 is 71.5 Å². The SMILES string of the molecule is O=C1CN(/N=C/c2ccc(-c3ccc([N+](=O)[O-])cc3)o2)C(=O)N1.O=C1CN(/N=C/c2ccc(-c3ccc([N+](=O)[O-])cc3)o2)C(=O)N1CO.O=C1CN(/N=C/c2ccc(-c3ccc([N+](=O)[O-])cc3)o2)C(=O)[N-]1.[Na+]. The van der Waals surface area contributed by atoms with Crippen molar-refractivity contribution in [2.24, 2.45) is 15.3 Å². The predicted molar refractivity (Wildman–Crippen MR) is 242 cm³/mol. The molecule has 6 aromatic rings. The summed E-state index contributed by atoms with van der Waals surface area (Å²) in [5.74, 6) is 1.04. The number of urea groups is 3. The fourth-order valence-corrected chi connectivity index (χ4v) is 6.12. The van der Waals surface area contributed by atoms with Gasteiger partial charge in [0.15, 0.2) is 11.9 Å². The molecule has 0 saturated carbocycles. The van der Waals surface area contributed by atoms with E-state index < -0.39 is 57.3 Å². The van der Waals surface area contributed by atoms with Gasteiger partial charge in [-0.3, -0.25) is 59.9 Å². The second-order valence-electron chi connectivity index (χ2n) is 14.3. The van der Waals surface area contributed by atoms with Crippen LogP contribution in [0.2, 0.25) is 0 Å². The van der Waals surface area contributed by atoms with Crippen molar-refractivity contribution in [3.05, 3.63) is 162 Å². The van der Waals surface area contributed by atoms with E-state index in [-0.39, 0.29) is 66.3 Å². The largest absolute Gasteiger partial charge is 1.00 e. The zero-order valence-corrected chi connectivity index (χ0v) is 38.9. The molecule has 0 atom stereocenters. The Balaban J connectivity index is 0.000000175. The molecule has 9 rings (SSSR count). The summed E-state index contributed by atoms with van der Waals surface area (Å²) in [5, 5.41) is 60.5. The van der Waals surface area contributed by atoms with Gasteiger partial charge in [0.25, 0.3) is 23.0 Å². The number of nitrogens with zero attached hydrogens (tertiary/aromatic N) is 11. The first-order chi connectivity index (χ1) is 34.0. The third kappa shape index (κ3) is 13.0. The number of imide groups is 3. The molecule has 6 heterocycles. The number of aliphatic hydroxyl groups is 1. The van der Waals surface area contributed by atoms with E-state index in [1.165, 1.54) is 55.0 Å². The molecule has 0 aliphatic carbocycles. The van der Waals surface area contributed by atoms with Crippen LogP contribution < -0.4 is 34.9 Å². The number of benzene rings is 3. The molecule has 29 heteroatoms. The zero-order valence-electron chi connectivity index (χ0n) is 36.9. The van der Waals surface area contributed by atoms with Gasteiger partial charge in [0.1, 0.15) is 54.4 Å². The van der Waals surface area contributed by atoms with Gasteiger partial charge in [-0.25, -0.2) is 24.5 Å². The van der Waals surface area contributed by atoms with Crippen LogP contribution in [0.5, 0.6) is 0 Å². The van der Waals surface area contributed by atoms with Gasteiger partial charge in [-0.15, -0.1) is 0 Å². The number of furan rings is 3. The summed E-state index contributed by atoms with van der Waals surface area (Å²) in [7, 11) is 0. The maximum atomic E-state index is 11.8. The quantitative estimate of drug-likeness (QED) is 0.0552. The molecular formula is C43H31N12NaO16. The summed E-state index contributed by atoms with van der Waals surface area (Å²) >= 11 is 0. The Bertz CT molecular complexity index is 3010. The van der Waals surface area contributed by atoms with Crippen LogP contribution in [0.15, 0.2) is 138 Å². The first-order valence-corrected chi connectivity index (χ1v) is 20.1. The number of carbonyl (C=O) groups is 6. The maximum Gasteiger partial charge on any atom is 1.00 e. The van der Waals surface area contributed by atoms with Crippen molar-refractivity contribution in [2.45, 2.75) is 0 Å². The molecule has 0 bridgehead atoms. The minimum Gasteiger partial charge on any atom is -0.455 e. The Labute approximate surface area is 424 Å². The average Bonchev–Trinajstić information content (AvgIpc) is 4.24. The molecule has 3 aliphatic rings. The second-order valence-corrected chi connectivity index (χ2v) is 14.3. The van der Waals surface area contributed by atoms with E-state index >= 15 is 0 Å². The number of hydrogen-bond donors (Lipinski definition) is 2. The molecule has 2 N–H and O–H groups in total. The second kappa shape index (κ2) is 23.2. The first-order valence-electron chi connectivity index (χ1n) is 20.1. The molecule has 3 aromatic heterocycles. The number of non-ortho nitro benzene ring substituents is 3. The van der Waals surface area contributed by atoms with Gasteiger partial charge in [0.05, 0.1) is 33.4 Å². The Morgan fingerprint density at radius 3 is 1.26 bits per heavy atom. The number of rotatable bonds is 13. The van der Waals surface area contributed by atoms with E-state index in [1.807, 2.05) is 0 Å². The normalized spacial score (nSPS) is 14.4. The van der Waals surface area contributed by atoms with Gasteiger partial charge >= 0.3 is 41.6 Å². The minimum atomic E-state index is -0.717. The number of carbonyl (C=O) groups excluding carboxylic acids is 6. The van der Waals surface area contributed by atoms with Crippen LogP contribution in [-0.4, -0.2) is 121 Å². The van der Waals surface area contributed by atoms with E-state index in [1.54, 1.807) is 72.8 Å². The summed E-state index contributed by atoms with van der Waals surface area (Å²) in [6, 6.07) is 25.5. The molecule has 0 unspecified atom stereocenters. The summed E-state index contributed by atoms with van der Waals surface area (Å²) in [6.45, 7) is -1.28. The third-order valence-corrected chi connectivity index (χ3v) is 9.62. The van der Waals surface area contributed by atoms with Gasteiger partial charge < -0.3 is 28.7 Å². The van der Waals surface area contributed by atoms with E-state index in [2.05, 4.69) is 25.9 Å². The summed E-state index contributed by atoms with van der Waals surface area (Å²) < 4.78 is 16.6. The van der Waals surface area contributed by atoms with Crippen molar-refractivity contribution in [3.8, 4) is 34.0 Å². The fraction of sp³-hybridized carbons (Fsp3) is 0.0930. The number of amides is 9. The molecule has 3 aromatic carbocycles. The van der Waals surface area contributed by atoms with Crippen molar-refractivity contribution in [2.75, 3.05) is 26.4 Å². The van der Waals surface area contributed by atoms with Crippen LogP contribution in [0.4, 0.5) is 31.4 Å². The summed E-state index contributed by atoms with van der Waals surface area (Å²) in [4.78, 5) is 98.9. The van der Waals surface area contributed by atoms with Gasteiger partial charge in [0.2, 0.25) is 5.91 Å². The minimum absolute atomic E-state index is 0. The van der Waals surface area contributed by atoms with Crippen LogP contribution in [0.1, 0.15) is 17.3 Å². The van der Waals surface area contributed by atoms with E-state index in [9.17, 15) is 59.1 Å². The van der Waals surface area contributed by atoms with Crippen molar-refractivity contribution in [1.82, 2.24) is 25.2 Å². The van der Waals surface area contributed by atoms with Crippen molar-refractivity contribution in [3.63, 3.8) is 0 Å². The Morgan fingerprint density at radius 1 is 0.556 bits per heavy atom. The fourth-order valence-electron chi connectivity index (χ4n) is 6.12. The van der Waals surface area contributed by atoms with Gasteiger partial charge in [-0.2, -0.15) is 10.2 Å². The molecule has 3 saturated heterocycles. The topological polar surface area (TPSA) is 368 Å². The van der Waals surface area contributed by atoms with E-state index in [4.69, 9.17) is 18.4 Å². The molecule has 3 aliphatic heterocycles. The number of nitrogens with one attached hydrogen (secondary N) is 1. The van der Waals surface area contributed by atoms with Crippen LogP contribution in [0.25, 0.3) is 39.3 Å². The zero-order chi connectivity index (χ0) is 50.8. The van der Waals surface area contributed by atoms with Crippen LogP contribution in [-0.2, 0) is 14.4 Å². The molecular weight excluding hydrogens is 964 g/mol. The van der Waals surface area contributed by atoms with Crippen LogP contribution >= 0.6 is 0 Å². The van der Waals surface area contributed by atoms with Gasteiger partial charge in [-0.05, 0) is 72.8 Å². The number of nitro benzene ring substituents is 3.